The average Bonchev–Trinajstić information content (AvgIpc) is 2.77. The summed E-state index contributed by atoms with van der Waals surface area (Å²) in [7, 11) is -3.99. The molecule has 20 heavy (non-hydrogen) atoms. The monoisotopic (exact) mass is 301 g/mol. The first kappa shape index (κ1) is 14.4. The van der Waals surface area contributed by atoms with Gasteiger partial charge in [0.2, 0.25) is 21.8 Å². The molecule has 0 aromatic heterocycles. The molecular weight excluding hydrogens is 289 g/mol. The summed E-state index contributed by atoms with van der Waals surface area (Å²) in [4.78, 5) is 22.5. The third kappa shape index (κ3) is 3.11. The lowest BCUT2D eigenvalue weighted by molar-refractivity contribution is -0.122. The molecule has 0 aliphatic carbocycles. The maximum Gasteiger partial charge on any atom is 0.247 e. The number of nitrogens with one attached hydrogen (secondary N) is 2. The largest absolute Gasteiger partial charge is 0.344 e. The minimum Gasteiger partial charge on any atom is -0.344 e. The molecule has 4 N–H and O–H groups in total. The number of halogens is 1. The Morgan fingerprint density at radius 3 is 2.70 bits per heavy atom. The van der Waals surface area contributed by atoms with E-state index in [2.05, 4.69) is 10.6 Å². The van der Waals surface area contributed by atoms with Crippen molar-refractivity contribution in [2.45, 2.75) is 23.8 Å². The van der Waals surface area contributed by atoms with Gasteiger partial charge >= 0.3 is 0 Å². The number of nitrogens with two attached hydrogens (primary N) is 1. The minimum absolute atomic E-state index is 0.220. The van der Waals surface area contributed by atoms with Crippen molar-refractivity contribution >= 4 is 27.5 Å². The van der Waals surface area contributed by atoms with Crippen molar-refractivity contribution in [3.05, 3.63) is 24.0 Å². The highest BCUT2D eigenvalue weighted by Gasteiger charge is 2.27. The fraction of sp³-hybridized carbons (Fsp3) is 0.273. The summed E-state index contributed by atoms with van der Waals surface area (Å²) in [6.45, 7) is 0. The minimum atomic E-state index is -3.99. The van der Waals surface area contributed by atoms with Crippen LogP contribution in [0.5, 0.6) is 0 Å². The molecule has 1 atom stereocenters. The molecule has 0 spiro atoms. The van der Waals surface area contributed by atoms with E-state index < -0.39 is 27.8 Å². The van der Waals surface area contributed by atoms with Crippen LogP contribution in [0.4, 0.5) is 10.1 Å². The Kier molecular flexibility index (Phi) is 3.73. The molecule has 1 aromatic carbocycles. The van der Waals surface area contributed by atoms with Gasteiger partial charge in [-0.3, -0.25) is 9.59 Å². The molecule has 0 saturated carbocycles. The number of primary sulfonamides is 1. The van der Waals surface area contributed by atoms with Crippen LogP contribution in [-0.2, 0) is 19.6 Å². The predicted molar refractivity (Wildman–Crippen MR) is 67.6 cm³/mol. The van der Waals surface area contributed by atoms with Crippen LogP contribution in [0.1, 0.15) is 12.8 Å². The Balaban J connectivity index is 2.20. The maximum atomic E-state index is 13.5. The van der Waals surface area contributed by atoms with E-state index in [0.29, 0.717) is 6.42 Å². The van der Waals surface area contributed by atoms with Crippen LogP contribution >= 0.6 is 0 Å². The second kappa shape index (κ2) is 5.17. The van der Waals surface area contributed by atoms with Crippen molar-refractivity contribution in [1.29, 1.82) is 0 Å². The lowest BCUT2D eigenvalue weighted by atomic mass is 10.2. The zero-order chi connectivity index (χ0) is 14.9. The van der Waals surface area contributed by atoms with E-state index in [1.165, 1.54) is 0 Å². The molecule has 9 heteroatoms. The van der Waals surface area contributed by atoms with Crippen LogP contribution in [0.15, 0.2) is 23.1 Å². The fourth-order valence-corrected chi connectivity index (χ4v) is 2.35. The maximum absolute atomic E-state index is 13.5. The van der Waals surface area contributed by atoms with Gasteiger partial charge in [-0.15, -0.1) is 0 Å². The van der Waals surface area contributed by atoms with Crippen LogP contribution in [0, 0.1) is 5.82 Å². The number of carbonyl (C=O) groups is 2. The summed E-state index contributed by atoms with van der Waals surface area (Å²) in [5, 5.41) is 9.59. The third-order valence-corrected chi connectivity index (χ3v) is 3.75. The molecule has 1 aromatic rings. The number of sulfonamides is 1. The summed E-state index contributed by atoms with van der Waals surface area (Å²) >= 11 is 0. The summed E-state index contributed by atoms with van der Waals surface area (Å²) < 4.78 is 35.9. The van der Waals surface area contributed by atoms with E-state index in [4.69, 9.17) is 5.14 Å². The molecule has 0 bridgehead atoms. The van der Waals surface area contributed by atoms with Crippen molar-refractivity contribution in [2.24, 2.45) is 5.14 Å². The molecule has 1 aliphatic rings. The SMILES string of the molecule is NS(=O)(=O)c1ccc(F)c(NC(=O)C2CCC(=O)N2)c1. The van der Waals surface area contributed by atoms with Gasteiger partial charge in [0.25, 0.3) is 0 Å². The Morgan fingerprint density at radius 2 is 2.15 bits per heavy atom. The molecule has 0 radical (unpaired) electrons. The van der Waals surface area contributed by atoms with Crippen molar-refractivity contribution in [3.63, 3.8) is 0 Å². The van der Waals surface area contributed by atoms with Gasteiger partial charge in [-0.05, 0) is 24.6 Å². The summed E-state index contributed by atoms with van der Waals surface area (Å²) in [5.74, 6) is -1.67. The Morgan fingerprint density at radius 1 is 1.45 bits per heavy atom. The van der Waals surface area contributed by atoms with Crippen LogP contribution in [-0.4, -0.2) is 26.3 Å². The van der Waals surface area contributed by atoms with Gasteiger partial charge in [0.1, 0.15) is 11.9 Å². The molecule has 1 fully saturated rings. The van der Waals surface area contributed by atoms with E-state index in [0.717, 1.165) is 18.2 Å². The number of benzene rings is 1. The van der Waals surface area contributed by atoms with Gasteiger partial charge in [-0.25, -0.2) is 17.9 Å². The number of amides is 2. The van der Waals surface area contributed by atoms with Gasteiger partial charge in [-0.1, -0.05) is 0 Å². The molecule has 108 valence electrons. The molecule has 2 amide bonds. The van der Waals surface area contributed by atoms with Crippen molar-refractivity contribution < 1.29 is 22.4 Å². The summed E-state index contributed by atoms with van der Waals surface area (Å²) in [6, 6.07) is 2.07. The van der Waals surface area contributed by atoms with Crippen LogP contribution in [0.2, 0.25) is 0 Å². The third-order valence-electron chi connectivity index (χ3n) is 2.84. The Hall–Kier alpha value is -2.00. The van der Waals surface area contributed by atoms with Crippen molar-refractivity contribution in [3.8, 4) is 0 Å². The molecule has 1 aliphatic heterocycles. The molecule has 1 unspecified atom stereocenters. The molecule has 1 heterocycles. The van der Waals surface area contributed by atoms with E-state index >= 15 is 0 Å². The Bertz CT molecular complexity index is 674. The topological polar surface area (TPSA) is 118 Å². The molecule has 7 nitrogen and oxygen atoms in total. The lowest BCUT2D eigenvalue weighted by Crippen LogP contribution is -2.37. The van der Waals surface area contributed by atoms with Gasteiger partial charge in [-0.2, -0.15) is 0 Å². The summed E-state index contributed by atoms with van der Waals surface area (Å²) in [5.41, 5.74) is -0.303. The average molecular weight is 301 g/mol. The number of carbonyl (C=O) groups excluding carboxylic acids is 2. The smallest absolute Gasteiger partial charge is 0.247 e. The van der Waals surface area contributed by atoms with Crippen molar-refractivity contribution in [1.82, 2.24) is 5.32 Å². The van der Waals surface area contributed by atoms with Gasteiger partial charge in [0.05, 0.1) is 10.6 Å². The second-order valence-corrected chi connectivity index (χ2v) is 5.90. The lowest BCUT2D eigenvalue weighted by Gasteiger charge is -2.12. The number of rotatable bonds is 3. The zero-order valence-corrected chi connectivity index (χ0v) is 11.0. The number of hydrogen-bond donors (Lipinski definition) is 3. The van der Waals surface area contributed by atoms with Gasteiger partial charge in [0, 0.05) is 6.42 Å². The first-order valence-corrected chi connectivity index (χ1v) is 7.24. The van der Waals surface area contributed by atoms with Crippen molar-refractivity contribution in [2.75, 3.05) is 5.32 Å². The molecule has 2 rings (SSSR count). The summed E-state index contributed by atoms with van der Waals surface area (Å²) in [6.07, 6.45) is 0.527. The standard InChI is InChI=1S/C11H12FN3O4S/c12-7-2-1-6(20(13,18)19)5-9(7)15-11(17)8-3-4-10(16)14-8/h1-2,5,8H,3-4H2,(H,14,16)(H,15,17)(H2,13,18,19). The highest BCUT2D eigenvalue weighted by atomic mass is 32.2. The van der Waals surface area contributed by atoms with Crippen LogP contribution in [0.25, 0.3) is 0 Å². The van der Waals surface area contributed by atoms with E-state index in [1.807, 2.05) is 0 Å². The normalized spacial score (nSPS) is 18.7. The van der Waals surface area contributed by atoms with Gasteiger partial charge < -0.3 is 10.6 Å². The first-order chi connectivity index (χ1) is 9.27. The number of anilines is 1. The van der Waals surface area contributed by atoms with E-state index in [9.17, 15) is 22.4 Å². The van der Waals surface area contributed by atoms with Crippen LogP contribution < -0.4 is 15.8 Å². The fourth-order valence-electron chi connectivity index (χ4n) is 1.81. The highest BCUT2D eigenvalue weighted by molar-refractivity contribution is 7.89. The molecular formula is C11H12FN3O4S. The highest BCUT2D eigenvalue weighted by Crippen LogP contribution is 2.19. The Labute approximate surface area is 114 Å². The first-order valence-electron chi connectivity index (χ1n) is 5.70. The van der Waals surface area contributed by atoms with E-state index in [-0.39, 0.29) is 22.9 Å². The molecule has 1 saturated heterocycles. The quantitative estimate of drug-likeness (QED) is 0.709. The van der Waals surface area contributed by atoms with Crippen LogP contribution in [0.3, 0.4) is 0 Å². The van der Waals surface area contributed by atoms with Gasteiger partial charge in [0.15, 0.2) is 0 Å². The predicted octanol–water partition coefficient (Wildman–Crippen LogP) is -0.310. The number of hydrogen-bond acceptors (Lipinski definition) is 4. The zero-order valence-electron chi connectivity index (χ0n) is 10.2. The second-order valence-electron chi connectivity index (χ2n) is 4.33. The van der Waals surface area contributed by atoms with E-state index in [1.54, 1.807) is 0 Å².